The van der Waals surface area contributed by atoms with Crippen LogP contribution in [0.1, 0.15) is 21.6 Å². The predicted octanol–water partition coefficient (Wildman–Crippen LogP) is 2.22. The molecule has 3 aromatic heterocycles. The van der Waals surface area contributed by atoms with E-state index >= 15 is 0 Å². The Labute approximate surface area is 173 Å². The lowest BCUT2D eigenvalue weighted by Crippen LogP contribution is -2.23. The summed E-state index contributed by atoms with van der Waals surface area (Å²) in [5.41, 5.74) is 3.54. The van der Waals surface area contributed by atoms with E-state index in [0.717, 1.165) is 22.6 Å². The van der Waals surface area contributed by atoms with Crippen molar-refractivity contribution in [2.24, 2.45) is 7.05 Å². The maximum Gasteiger partial charge on any atom is 0.326 e. The van der Waals surface area contributed by atoms with E-state index in [0.29, 0.717) is 24.2 Å². The van der Waals surface area contributed by atoms with Gasteiger partial charge < -0.3 is 15.2 Å². The third kappa shape index (κ3) is 4.07. The molecule has 4 aromatic rings. The van der Waals surface area contributed by atoms with Gasteiger partial charge in [0, 0.05) is 38.6 Å². The van der Waals surface area contributed by atoms with Gasteiger partial charge in [0.25, 0.3) is 5.91 Å². The topological polar surface area (TPSA) is 95.9 Å². The van der Waals surface area contributed by atoms with Crippen LogP contribution in [-0.4, -0.2) is 32.5 Å². The average Bonchev–Trinajstić information content (AvgIpc) is 3.06. The lowest BCUT2D eigenvalue weighted by Gasteiger charge is -2.17. The number of aromatic amines is 1. The number of benzene rings is 1. The number of fused-ring (bicyclic) bond motifs is 1. The molecule has 0 unspecified atom stereocenters. The number of nitrogens with zero attached hydrogens (tertiary/aromatic N) is 4. The third-order valence-corrected chi connectivity index (χ3v) is 4.94. The first kappa shape index (κ1) is 19.4. The molecule has 0 saturated heterocycles. The molecule has 0 atom stereocenters. The summed E-state index contributed by atoms with van der Waals surface area (Å²) in [6.07, 6.45) is 3.53. The van der Waals surface area contributed by atoms with Gasteiger partial charge in [-0.2, -0.15) is 0 Å². The summed E-state index contributed by atoms with van der Waals surface area (Å²) in [7, 11) is 3.65. The molecule has 0 spiro atoms. The van der Waals surface area contributed by atoms with Gasteiger partial charge in [-0.3, -0.25) is 14.3 Å². The standard InChI is InChI=1S/C22H22N6O2/c1-27(14-17-5-3-4-10-23-17)20-9-6-15(12-24-20)13-25-21(29)16-7-8-19-18(11-16)26-22(30)28(19)2/h3-12H,13-14H2,1-2H3,(H,25,29)(H,26,30). The molecule has 3 heterocycles. The van der Waals surface area contributed by atoms with Crippen LogP contribution in [0.5, 0.6) is 0 Å². The van der Waals surface area contributed by atoms with Gasteiger partial charge >= 0.3 is 5.69 Å². The van der Waals surface area contributed by atoms with Gasteiger partial charge in [0.1, 0.15) is 5.82 Å². The fraction of sp³-hybridized carbons (Fsp3) is 0.182. The fourth-order valence-electron chi connectivity index (χ4n) is 3.23. The summed E-state index contributed by atoms with van der Waals surface area (Å²) in [5, 5.41) is 2.89. The minimum atomic E-state index is -0.210. The second-order valence-electron chi connectivity index (χ2n) is 7.11. The van der Waals surface area contributed by atoms with Crippen LogP contribution >= 0.6 is 0 Å². The molecule has 152 valence electrons. The fourth-order valence-corrected chi connectivity index (χ4v) is 3.23. The minimum absolute atomic E-state index is 0.207. The van der Waals surface area contributed by atoms with E-state index in [1.54, 1.807) is 37.6 Å². The number of carbonyl (C=O) groups is 1. The summed E-state index contributed by atoms with van der Waals surface area (Å²) >= 11 is 0. The third-order valence-electron chi connectivity index (χ3n) is 4.94. The van der Waals surface area contributed by atoms with Crippen LogP contribution in [0.25, 0.3) is 11.0 Å². The van der Waals surface area contributed by atoms with Gasteiger partial charge in [0.2, 0.25) is 0 Å². The van der Waals surface area contributed by atoms with Crippen molar-refractivity contribution in [2.75, 3.05) is 11.9 Å². The van der Waals surface area contributed by atoms with Gasteiger partial charge in [-0.1, -0.05) is 12.1 Å². The molecular formula is C22H22N6O2. The van der Waals surface area contributed by atoms with E-state index in [1.807, 2.05) is 42.3 Å². The number of pyridine rings is 2. The maximum atomic E-state index is 12.5. The largest absolute Gasteiger partial charge is 0.354 e. The lowest BCUT2D eigenvalue weighted by atomic mass is 10.2. The normalized spacial score (nSPS) is 10.9. The van der Waals surface area contributed by atoms with Crippen molar-refractivity contribution < 1.29 is 4.79 Å². The van der Waals surface area contributed by atoms with E-state index in [9.17, 15) is 9.59 Å². The molecule has 4 rings (SSSR count). The second kappa shape index (κ2) is 8.20. The molecule has 8 nitrogen and oxygen atoms in total. The number of imidazole rings is 1. The van der Waals surface area contributed by atoms with E-state index in [2.05, 4.69) is 20.3 Å². The number of aromatic nitrogens is 4. The Morgan fingerprint density at radius 1 is 1.17 bits per heavy atom. The first-order valence-corrected chi connectivity index (χ1v) is 9.54. The highest BCUT2D eigenvalue weighted by molar-refractivity contribution is 5.97. The molecule has 0 bridgehead atoms. The summed E-state index contributed by atoms with van der Waals surface area (Å²) in [4.78, 5) is 37.7. The molecule has 2 N–H and O–H groups in total. The zero-order valence-electron chi connectivity index (χ0n) is 16.8. The van der Waals surface area contributed by atoms with Gasteiger partial charge in [-0.15, -0.1) is 0 Å². The quantitative estimate of drug-likeness (QED) is 0.516. The minimum Gasteiger partial charge on any atom is -0.354 e. The van der Waals surface area contributed by atoms with E-state index in [4.69, 9.17) is 0 Å². The smallest absolute Gasteiger partial charge is 0.326 e. The van der Waals surface area contributed by atoms with Crippen LogP contribution < -0.4 is 15.9 Å². The monoisotopic (exact) mass is 402 g/mol. The molecule has 0 saturated carbocycles. The number of amides is 1. The van der Waals surface area contributed by atoms with Crippen molar-refractivity contribution in [2.45, 2.75) is 13.1 Å². The van der Waals surface area contributed by atoms with Crippen LogP contribution in [0.15, 0.2) is 65.7 Å². The number of carbonyl (C=O) groups excluding carboxylic acids is 1. The number of hydrogen-bond donors (Lipinski definition) is 2. The zero-order chi connectivity index (χ0) is 21.1. The number of hydrogen-bond acceptors (Lipinski definition) is 5. The van der Waals surface area contributed by atoms with Crippen LogP contribution in [0, 0.1) is 0 Å². The Bertz CT molecular complexity index is 1230. The van der Waals surface area contributed by atoms with Crippen LogP contribution in [0.4, 0.5) is 5.82 Å². The Hall–Kier alpha value is -3.94. The first-order valence-electron chi connectivity index (χ1n) is 9.54. The van der Waals surface area contributed by atoms with Crippen LogP contribution in [0.3, 0.4) is 0 Å². The number of anilines is 1. The summed E-state index contributed by atoms with van der Waals surface area (Å²) in [6.45, 7) is 1.02. The highest BCUT2D eigenvalue weighted by Crippen LogP contribution is 2.14. The summed E-state index contributed by atoms with van der Waals surface area (Å²) in [5.74, 6) is 0.618. The van der Waals surface area contributed by atoms with Crippen molar-refractivity contribution in [3.63, 3.8) is 0 Å². The second-order valence-corrected chi connectivity index (χ2v) is 7.11. The van der Waals surface area contributed by atoms with Crippen molar-refractivity contribution in [3.8, 4) is 0 Å². The first-order chi connectivity index (χ1) is 14.5. The molecule has 0 aliphatic rings. The maximum absolute atomic E-state index is 12.5. The van der Waals surface area contributed by atoms with E-state index in [1.165, 1.54) is 4.57 Å². The molecule has 30 heavy (non-hydrogen) atoms. The van der Waals surface area contributed by atoms with Crippen molar-refractivity contribution in [1.29, 1.82) is 0 Å². The van der Waals surface area contributed by atoms with E-state index < -0.39 is 0 Å². The van der Waals surface area contributed by atoms with Crippen LogP contribution in [-0.2, 0) is 20.1 Å². The van der Waals surface area contributed by atoms with E-state index in [-0.39, 0.29) is 11.6 Å². The lowest BCUT2D eigenvalue weighted by molar-refractivity contribution is 0.0951. The Morgan fingerprint density at radius 2 is 2.03 bits per heavy atom. The molecule has 1 amide bonds. The van der Waals surface area contributed by atoms with Gasteiger partial charge in [-0.05, 0) is 42.0 Å². The molecule has 8 heteroatoms. The number of rotatable bonds is 6. The average molecular weight is 402 g/mol. The van der Waals surface area contributed by atoms with Crippen molar-refractivity contribution in [1.82, 2.24) is 24.8 Å². The predicted molar refractivity (Wildman–Crippen MR) is 115 cm³/mol. The Morgan fingerprint density at radius 3 is 2.77 bits per heavy atom. The van der Waals surface area contributed by atoms with Gasteiger partial charge in [0.05, 0.1) is 23.3 Å². The molecule has 0 aliphatic heterocycles. The summed E-state index contributed by atoms with van der Waals surface area (Å²) in [6, 6.07) is 14.8. The highest BCUT2D eigenvalue weighted by atomic mass is 16.2. The molecule has 1 aromatic carbocycles. The van der Waals surface area contributed by atoms with Crippen molar-refractivity contribution >= 4 is 22.8 Å². The Balaban J connectivity index is 1.38. The number of H-pyrrole nitrogens is 1. The number of nitrogens with one attached hydrogen (secondary N) is 2. The SMILES string of the molecule is CN(Cc1ccccn1)c1ccc(CNC(=O)c2ccc3c(c2)[nH]c(=O)n3C)cn1. The molecule has 0 radical (unpaired) electrons. The summed E-state index contributed by atoms with van der Waals surface area (Å²) < 4.78 is 1.51. The molecular weight excluding hydrogens is 380 g/mol. The van der Waals surface area contributed by atoms with Crippen molar-refractivity contribution in [3.05, 3.63) is 88.2 Å². The zero-order valence-corrected chi connectivity index (χ0v) is 16.8. The van der Waals surface area contributed by atoms with Gasteiger partial charge in [0.15, 0.2) is 0 Å². The molecule has 0 fully saturated rings. The molecule has 0 aliphatic carbocycles. The van der Waals surface area contributed by atoms with Gasteiger partial charge in [-0.25, -0.2) is 9.78 Å². The number of aryl methyl sites for hydroxylation is 1. The highest BCUT2D eigenvalue weighted by Gasteiger charge is 2.10. The Kier molecular flexibility index (Phi) is 5.30. The van der Waals surface area contributed by atoms with Crippen LogP contribution in [0.2, 0.25) is 0 Å².